The van der Waals surface area contributed by atoms with Crippen molar-refractivity contribution >= 4 is 27.1 Å². The Morgan fingerprint density at radius 1 is 1.50 bits per heavy atom. The molecule has 1 atom stereocenters. The zero-order valence-electron chi connectivity index (χ0n) is 12.0. The molecule has 1 unspecified atom stereocenters. The third-order valence-electron chi connectivity index (χ3n) is 3.81. The first kappa shape index (κ1) is 15.7. The van der Waals surface area contributed by atoms with Gasteiger partial charge in [0, 0.05) is 19.5 Å². The maximum Gasteiger partial charge on any atom is 0.211 e. The maximum atomic E-state index is 12.4. The monoisotopic (exact) mass is 315 g/mol. The molecule has 0 radical (unpaired) electrons. The molecule has 1 aromatic heterocycles. The van der Waals surface area contributed by atoms with Gasteiger partial charge in [-0.2, -0.15) is 0 Å². The fourth-order valence-electron chi connectivity index (χ4n) is 2.71. The highest BCUT2D eigenvalue weighted by Crippen LogP contribution is 2.26. The molecule has 1 aliphatic heterocycles. The Balaban J connectivity index is 2.01. The summed E-state index contributed by atoms with van der Waals surface area (Å²) >= 11 is 1.50. The Labute approximate surface area is 124 Å². The standard InChI is InChI=1S/C14H21NO3S2/c1-3-12-6-8-19-14(12)13(16)9-11-5-4-7-15(10-11)20(2,17)18/h6,8,11H,3-5,7,9-10H2,1-2H3. The van der Waals surface area contributed by atoms with E-state index in [9.17, 15) is 13.2 Å². The maximum absolute atomic E-state index is 12.4. The minimum Gasteiger partial charge on any atom is -0.293 e. The summed E-state index contributed by atoms with van der Waals surface area (Å²) < 4.78 is 24.7. The van der Waals surface area contributed by atoms with Gasteiger partial charge in [-0.3, -0.25) is 4.79 Å². The zero-order chi connectivity index (χ0) is 14.8. The molecule has 6 heteroatoms. The minimum absolute atomic E-state index is 0.151. The first-order valence-electron chi connectivity index (χ1n) is 6.96. The number of ketones is 1. The van der Waals surface area contributed by atoms with Crippen molar-refractivity contribution in [3.05, 3.63) is 21.9 Å². The van der Waals surface area contributed by atoms with Crippen LogP contribution in [0, 0.1) is 5.92 Å². The topological polar surface area (TPSA) is 54.5 Å². The van der Waals surface area contributed by atoms with Crippen LogP contribution in [0.5, 0.6) is 0 Å². The van der Waals surface area contributed by atoms with Crippen molar-refractivity contribution in [3.8, 4) is 0 Å². The number of carbonyl (C=O) groups is 1. The predicted molar refractivity (Wildman–Crippen MR) is 81.8 cm³/mol. The quantitative estimate of drug-likeness (QED) is 0.785. The number of hydrogen-bond acceptors (Lipinski definition) is 4. The molecule has 1 fully saturated rings. The van der Waals surface area contributed by atoms with E-state index in [4.69, 9.17) is 0 Å². The highest BCUT2D eigenvalue weighted by Gasteiger charge is 2.28. The molecule has 20 heavy (non-hydrogen) atoms. The van der Waals surface area contributed by atoms with E-state index < -0.39 is 10.0 Å². The van der Waals surface area contributed by atoms with Crippen molar-refractivity contribution < 1.29 is 13.2 Å². The van der Waals surface area contributed by atoms with E-state index in [0.29, 0.717) is 19.5 Å². The number of carbonyl (C=O) groups excluding carboxylic acids is 1. The van der Waals surface area contributed by atoms with Crippen LogP contribution in [-0.4, -0.2) is 37.9 Å². The summed E-state index contributed by atoms with van der Waals surface area (Å²) in [6, 6.07) is 2.00. The van der Waals surface area contributed by atoms with Crippen molar-refractivity contribution in [3.63, 3.8) is 0 Å². The van der Waals surface area contributed by atoms with E-state index in [2.05, 4.69) is 0 Å². The molecule has 1 aliphatic rings. The van der Waals surface area contributed by atoms with Crippen LogP contribution < -0.4 is 0 Å². The number of sulfonamides is 1. The van der Waals surface area contributed by atoms with Gasteiger partial charge >= 0.3 is 0 Å². The molecule has 0 bridgehead atoms. The van der Waals surface area contributed by atoms with Crippen LogP contribution in [0.25, 0.3) is 0 Å². The number of thiophene rings is 1. The predicted octanol–water partition coefficient (Wildman–Crippen LogP) is 2.55. The average molecular weight is 315 g/mol. The first-order chi connectivity index (χ1) is 9.41. The van der Waals surface area contributed by atoms with Crippen molar-refractivity contribution in [1.82, 2.24) is 4.31 Å². The highest BCUT2D eigenvalue weighted by atomic mass is 32.2. The Hall–Kier alpha value is -0.720. The van der Waals surface area contributed by atoms with E-state index in [-0.39, 0.29) is 11.7 Å². The lowest BCUT2D eigenvalue weighted by Gasteiger charge is -2.30. The van der Waals surface area contributed by atoms with Gasteiger partial charge in [0.25, 0.3) is 0 Å². The van der Waals surface area contributed by atoms with Gasteiger partial charge < -0.3 is 0 Å². The van der Waals surface area contributed by atoms with Gasteiger partial charge in [-0.05, 0) is 42.2 Å². The molecule has 1 aromatic rings. The van der Waals surface area contributed by atoms with Gasteiger partial charge in [0.1, 0.15) is 0 Å². The smallest absolute Gasteiger partial charge is 0.211 e. The summed E-state index contributed by atoms with van der Waals surface area (Å²) in [4.78, 5) is 13.2. The number of piperidine rings is 1. The van der Waals surface area contributed by atoms with Gasteiger partial charge in [0.15, 0.2) is 5.78 Å². The Kier molecular flexibility index (Phi) is 4.99. The second-order valence-electron chi connectivity index (χ2n) is 5.39. The summed E-state index contributed by atoms with van der Waals surface area (Å²) in [5.74, 6) is 0.315. The lowest BCUT2D eigenvalue weighted by Crippen LogP contribution is -2.39. The Morgan fingerprint density at radius 3 is 2.90 bits per heavy atom. The molecule has 0 aliphatic carbocycles. The summed E-state index contributed by atoms with van der Waals surface area (Å²) in [6.07, 6.45) is 4.34. The van der Waals surface area contributed by atoms with Crippen molar-refractivity contribution in [2.45, 2.75) is 32.6 Å². The molecular weight excluding hydrogens is 294 g/mol. The van der Waals surface area contributed by atoms with Gasteiger partial charge in [-0.1, -0.05) is 6.92 Å². The third-order valence-corrected chi connectivity index (χ3v) is 6.07. The molecule has 0 saturated carbocycles. The van der Waals surface area contributed by atoms with E-state index in [1.807, 2.05) is 18.4 Å². The molecule has 1 saturated heterocycles. The molecule has 2 heterocycles. The summed E-state index contributed by atoms with van der Waals surface area (Å²) in [7, 11) is -3.14. The molecule has 0 spiro atoms. The Morgan fingerprint density at radius 2 is 2.25 bits per heavy atom. The molecule has 0 aromatic carbocycles. The van der Waals surface area contributed by atoms with Gasteiger partial charge in [0.05, 0.1) is 11.1 Å². The van der Waals surface area contributed by atoms with Crippen LogP contribution in [0.4, 0.5) is 0 Å². The van der Waals surface area contributed by atoms with Crippen molar-refractivity contribution in [1.29, 1.82) is 0 Å². The average Bonchev–Trinajstić information content (AvgIpc) is 2.86. The van der Waals surface area contributed by atoms with Crippen LogP contribution in [0.1, 0.15) is 41.4 Å². The Bertz CT molecular complexity index is 577. The van der Waals surface area contributed by atoms with E-state index in [0.717, 1.165) is 29.7 Å². The van der Waals surface area contributed by atoms with Crippen molar-refractivity contribution in [2.24, 2.45) is 5.92 Å². The molecular formula is C14H21NO3S2. The fourth-order valence-corrected chi connectivity index (χ4v) is 4.60. The summed E-state index contributed by atoms with van der Waals surface area (Å²) in [5.41, 5.74) is 1.11. The minimum atomic E-state index is -3.14. The van der Waals surface area contributed by atoms with Gasteiger partial charge in [0.2, 0.25) is 10.0 Å². The van der Waals surface area contributed by atoms with Crippen LogP contribution in [0.15, 0.2) is 11.4 Å². The second kappa shape index (κ2) is 6.37. The van der Waals surface area contributed by atoms with Crippen LogP contribution in [-0.2, 0) is 16.4 Å². The molecule has 2 rings (SSSR count). The summed E-state index contributed by atoms with van der Waals surface area (Å²) in [5, 5.41) is 1.95. The van der Waals surface area contributed by atoms with Gasteiger partial charge in [-0.25, -0.2) is 12.7 Å². The van der Waals surface area contributed by atoms with E-state index >= 15 is 0 Å². The molecule has 4 nitrogen and oxygen atoms in total. The van der Waals surface area contributed by atoms with Gasteiger partial charge in [-0.15, -0.1) is 11.3 Å². The van der Waals surface area contributed by atoms with E-state index in [1.54, 1.807) is 0 Å². The lowest BCUT2D eigenvalue weighted by atomic mass is 9.93. The number of Topliss-reactive ketones (excluding diaryl/α,β-unsaturated/α-hetero) is 1. The van der Waals surface area contributed by atoms with Crippen LogP contribution >= 0.6 is 11.3 Å². The van der Waals surface area contributed by atoms with E-state index in [1.165, 1.54) is 21.9 Å². The number of aryl methyl sites for hydroxylation is 1. The lowest BCUT2D eigenvalue weighted by molar-refractivity contribution is 0.0945. The fraction of sp³-hybridized carbons (Fsp3) is 0.643. The largest absolute Gasteiger partial charge is 0.293 e. The highest BCUT2D eigenvalue weighted by molar-refractivity contribution is 7.88. The third kappa shape index (κ3) is 3.68. The van der Waals surface area contributed by atoms with Crippen LogP contribution in [0.3, 0.4) is 0 Å². The number of hydrogen-bond donors (Lipinski definition) is 0. The molecule has 0 N–H and O–H groups in total. The molecule has 112 valence electrons. The van der Waals surface area contributed by atoms with Crippen molar-refractivity contribution in [2.75, 3.05) is 19.3 Å². The normalized spacial score (nSPS) is 21.0. The SMILES string of the molecule is CCc1ccsc1C(=O)CC1CCCN(S(C)(=O)=O)C1. The van der Waals surface area contributed by atoms with Crippen LogP contribution in [0.2, 0.25) is 0 Å². The zero-order valence-corrected chi connectivity index (χ0v) is 13.6. The second-order valence-corrected chi connectivity index (χ2v) is 8.28. The number of nitrogens with zero attached hydrogens (tertiary/aromatic N) is 1. The molecule has 0 amide bonds. The number of rotatable bonds is 5. The summed E-state index contributed by atoms with van der Waals surface area (Å²) in [6.45, 7) is 3.12. The first-order valence-corrected chi connectivity index (χ1v) is 9.69.